The Morgan fingerprint density at radius 1 is 1.41 bits per heavy atom. The molecule has 0 amide bonds. The van der Waals surface area contributed by atoms with Crippen LogP contribution in [0.2, 0.25) is 0 Å². The highest BCUT2D eigenvalue weighted by Gasteiger charge is 2.19. The van der Waals surface area contributed by atoms with Crippen LogP contribution in [0.5, 0.6) is 0 Å². The number of anilines is 1. The Kier molecular flexibility index (Phi) is 3.10. The van der Waals surface area contributed by atoms with Crippen LogP contribution in [0.4, 0.5) is 5.69 Å². The van der Waals surface area contributed by atoms with Crippen molar-refractivity contribution in [2.24, 2.45) is 7.05 Å². The summed E-state index contributed by atoms with van der Waals surface area (Å²) in [6.45, 7) is 0. The van der Waals surface area contributed by atoms with Crippen LogP contribution in [0, 0.1) is 0 Å². The molecule has 9 nitrogen and oxygen atoms in total. The fourth-order valence-electron chi connectivity index (χ4n) is 2.10. The second-order valence-corrected chi connectivity index (χ2v) is 6.20. The van der Waals surface area contributed by atoms with E-state index in [4.69, 9.17) is 5.11 Å². The van der Waals surface area contributed by atoms with Crippen molar-refractivity contribution >= 4 is 32.6 Å². The largest absolute Gasteiger partial charge is 0.478 e. The number of sulfonamides is 1. The van der Waals surface area contributed by atoms with Gasteiger partial charge in [0.1, 0.15) is 0 Å². The molecule has 114 valence electrons. The number of aromatic amines is 1. The Morgan fingerprint density at radius 3 is 2.82 bits per heavy atom. The normalized spacial score (nSPS) is 11.7. The molecule has 3 N–H and O–H groups in total. The Hall–Kier alpha value is -2.88. The summed E-state index contributed by atoms with van der Waals surface area (Å²) in [5, 5.41) is 16.6. The molecule has 10 heteroatoms. The zero-order chi connectivity index (χ0) is 15.9. The van der Waals surface area contributed by atoms with Gasteiger partial charge in [0.2, 0.25) is 0 Å². The molecule has 22 heavy (non-hydrogen) atoms. The van der Waals surface area contributed by atoms with Crippen molar-refractivity contribution in [3.8, 4) is 0 Å². The number of H-pyrrole nitrogens is 1. The Bertz CT molecular complexity index is 972. The third-order valence-corrected chi connectivity index (χ3v) is 4.54. The molecule has 0 fully saturated rings. The molecule has 0 saturated carbocycles. The molecule has 3 aromatic rings. The number of fused-ring (bicyclic) bond motifs is 1. The molecule has 0 aliphatic heterocycles. The van der Waals surface area contributed by atoms with Crippen LogP contribution in [-0.4, -0.2) is 39.5 Å². The summed E-state index contributed by atoms with van der Waals surface area (Å²) in [6.07, 6.45) is 2.49. The Labute approximate surface area is 124 Å². The first kappa shape index (κ1) is 14.1. The van der Waals surface area contributed by atoms with Gasteiger partial charge in [-0.3, -0.25) is 4.72 Å². The van der Waals surface area contributed by atoms with Crippen LogP contribution >= 0.6 is 0 Å². The molecular formula is C12H11N5O4S. The minimum atomic E-state index is -3.82. The Balaban J connectivity index is 1.98. The summed E-state index contributed by atoms with van der Waals surface area (Å²) in [5.74, 6) is -1.06. The lowest BCUT2D eigenvalue weighted by atomic mass is 10.1. The zero-order valence-corrected chi connectivity index (χ0v) is 12.1. The first-order valence-corrected chi connectivity index (χ1v) is 7.59. The van der Waals surface area contributed by atoms with E-state index in [-0.39, 0.29) is 10.6 Å². The van der Waals surface area contributed by atoms with Gasteiger partial charge in [0.25, 0.3) is 10.0 Å². The van der Waals surface area contributed by atoms with Gasteiger partial charge in [-0.2, -0.15) is 8.42 Å². The smallest absolute Gasteiger partial charge is 0.337 e. The minimum absolute atomic E-state index is 0.0784. The molecule has 0 bridgehead atoms. The number of hydrogen-bond donors (Lipinski definition) is 3. The van der Waals surface area contributed by atoms with Crippen LogP contribution in [0.15, 0.2) is 35.6 Å². The molecule has 0 atom stereocenters. The minimum Gasteiger partial charge on any atom is -0.478 e. The predicted octanol–water partition coefficient (Wildman–Crippen LogP) is 0.795. The molecule has 0 unspecified atom stereocenters. The van der Waals surface area contributed by atoms with Crippen molar-refractivity contribution in [2.75, 3.05) is 4.72 Å². The average molecular weight is 321 g/mol. The fraction of sp³-hybridized carbons (Fsp3) is 0.0833. The second kappa shape index (κ2) is 4.84. The van der Waals surface area contributed by atoms with Gasteiger partial charge in [0.15, 0.2) is 5.03 Å². The van der Waals surface area contributed by atoms with Crippen LogP contribution in [-0.2, 0) is 17.1 Å². The number of aromatic carboxylic acids is 1. The van der Waals surface area contributed by atoms with Crippen molar-refractivity contribution in [1.29, 1.82) is 0 Å². The highest BCUT2D eigenvalue weighted by molar-refractivity contribution is 7.92. The number of nitrogens with one attached hydrogen (secondary N) is 2. The number of benzene rings is 1. The summed E-state index contributed by atoms with van der Waals surface area (Å²) in [5.41, 5.74) is 0.938. The quantitative estimate of drug-likeness (QED) is 0.651. The van der Waals surface area contributed by atoms with Gasteiger partial charge in [-0.15, -0.1) is 5.10 Å². The van der Waals surface area contributed by atoms with E-state index in [0.717, 1.165) is 10.9 Å². The standard InChI is InChI=1S/C12H11N5O4S/c1-17-11(6-14-16-17)22(20,21)15-7-2-3-8-9(12(18)19)5-13-10(8)4-7/h2-6,13,15H,1H3,(H,18,19). The summed E-state index contributed by atoms with van der Waals surface area (Å²) < 4.78 is 28.0. The van der Waals surface area contributed by atoms with Crippen molar-refractivity contribution in [1.82, 2.24) is 20.0 Å². The number of carbonyl (C=O) groups is 1. The summed E-state index contributed by atoms with van der Waals surface area (Å²) >= 11 is 0. The van der Waals surface area contributed by atoms with Gasteiger partial charge in [-0.1, -0.05) is 5.21 Å². The third-order valence-electron chi connectivity index (χ3n) is 3.11. The van der Waals surface area contributed by atoms with Crippen LogP contribution in [0.25, 0.3) is 10.9 Å². The lowest BCUT2D eigenvalue weighted by Gasteiger charge is -2.07. The average Bonchev–Trinajstić information content (AvgIpc) is 3.03. The molecule has 1 aromatic carbocycles. The molecular weight excluding hydrogens is 310 g/mol. The van der Waals surface area contributed by atoms with E-state index >= 15 is 0 Å². The lowest BCUT2D eigenvalue weighted by Crippen LogP contribution is -2.16. The second-order valence-electron chi connectivity index (χ2n) is 4.57. The number of carboxylic acids is 1. The Morgan fingerprint density at radius 2 is 2.18 bits per heavy atom. The predicted molar refractivity (Wildman–Crippen MR) is 77.1 cm³/mol. The first-order valence-electron chi connectivity index (χ1n) is 6.10. The molecule has 0 saturated heterocycles. The monoisotopic (exact) mass is 321 g/mol. The van der Waals surface area contributed by atoms with Gasteiger partial charge in [-0.25, -0.2) is 9.48 Å². The van der Waals surface area contributed by atoms with E-state index in [1.807, 2.05) is 0 Å². The maximum atomic E-state index is 12.2. The lowest BCUT2D eigenvalue weighted by molar-refractivity contribution is 0.0699. The van der Waals surface area contributed by atoms with Crippen LogP contribution in [0.1, 0.15) is 10.4 Å². The molecule has 0 aliphatic rings. The SMILES string of the molecule is Cn1nncc1S(=O)(=O)Nc1ccc2c(C(=O)O)c[nH]c2c1. The van der Waals surface area contributed by atoms with E-state index in [1.54, 1.807) is 0 Å². The van der Waals surface area contributed by atoms with E-state index < -0.39 is 16.0 Å². The number of hydrogen-bond acceptors (Lipinski definition) is 5. The van der Waals surface area contributed by atoms with Crippen LogP contribution in [0.3, 0.4) is 0 Å². The molecule has 0 aliphatic carbocycles. The molecule has 3 rings (SSSR count). The number of rotatable bonds is 4. The number of aryl methyl sites for hydroxylation is 1. The van der Waals surface area contributed by atoms with E-state index in [0.29, 0.717) is 16.6 Å². The van der Waals surface area contributed by atoms with Crippen LogP contribution < -0.4 is 4.72 Å². The molecule has 0 spiro atoms. The third kappa shape index (κ3) is 2.29. The highest BCUT2D eigenvalue weighted by Crippen LogP contribution is 2.23. The topological polar surface area (TPSA) is 130 Å². The first-order chi connectivity index (χ1) is 10.4. The number of nitrogens with zero attached hydrogens (tertiary/aromatic N) is 3. The fourth-order valence-corrected chi connectivity index (χ4v) is 3.21. The van der Waals surface area contributed by atoms with Crippen molar-refractivity contribution < 1.29 is 18.3 Å². The zero-order valence-electron chi connectivity index (χ0n) is 11.3. The van der Waals surface area contributed by atoms with Gasteiger partial charge in [-0.05, 0) is 18.2 Å². The maximum Gasteiger partial charge on any atom is 0.337 e. The molecule has 2 heterocycles. The highest BCUT2D eigenvalue weighted by atomic mass is 32.2. The van der Waals surface area contributed by atoms with Gasteiger partial charge < -0.3 is 10.1 Å². The van der Waals surface area contributed by atoms with Gasteiger partial charge >= 0.3 is 5.97 Å². The maximum absolute atomic E-state index is 12.2. The summed E-state index contributed by atoms with van der Waals surface area (Å²) in [4.78, 5) is 13.8. The van der Waals surface area contributed by atoms with E-state index in [2.05, 4.69) is 20.0 Å². The molecule has 0 radical (unpaired) electrons. The van der Waals surface area contributed by atoms with Crippen molar-refractivity contribution in [2.45, 2.75) is 5.03 Å². The van der Waals surface area contributed by atoms with Gasteiger partial charge in [0.05, 0.1) is 17.4 Å². The van der Waals surface area contributed by atoms with E-state index in [1.165, 1.54) is 31.4 Å². The summed E-state index contributed by atoms with van der Waals surface area (Å²) in [6, 6.07) is 4.54. The molecule has 2 aromatic heterocycles. The summed E-state index contributed by atoms with van der Waals surface area (Å²) in [7, 11) is -2.35. The number of carboxylic acid groups (broad SMARTS) is 1. The number of aromatic nitrogens is 4. The van der Waals surface area contributed by atoms with E-state index in [9.17, 15) is 13.2 Å². The van der Waals surface area contributed by atoms with Crippen molar-refractivity contribution in [3.63, 3.8) is 0 Å². The van der Waals surface area contributed by atoms with Crippen molar-refractivity contribution in [3.05, 3.63) is 36.2 Å². The van der Waals surface area contributed by atoms with Gasteiger partial charge in [0, 0.05) is 24.1 Å².